The molecule has 0 spiro atoms. The zero-order valence-corrected chi connectivity index (χ0v) is 9.75. The summed E-state index contributed by atoms with van der Waals surface area (Å²) in [5.41, 5.74) is 0. The van der Waals surface area contributed by atoms with Gasteiger partial charge in [-0.25, -0.2) is 0 Å². The Morgan fingerprint density at radius 2 is 1.44 bits per heavy atom. The summed E-state index contributed by atoms with van der Waals surface area (Å²) in [6.45, 7) is 0. The van der Waals surface area contributed by atoms with Crippen LogP contribution in [0.3, 0.4) is 0 Å². The fourth-order valence-electron chi connectivity index (χ4n) is 0. The molecule has 46 valence electrons. The van der Waals surface area contributed by atoms with Gasteiger partial charge >= 0.3 is 80.5 Å². The van der Waals surface area contributed by atoms with Crippen molar-refractivity contribution in [1.82, 2.24) is 0 Å². The van der Waals surface area contributed by atoms with Gasteiger partial charge in [0.1, 0.15) is 0 Å². The van der Waals surface area contributed by atoms with Gasteiger partial charge in [0.2, 0.25) is 0 Å². The zero-order chi connectivity index (χ0) is 5.21. The maximum atomic E-state index is 10.3. The molecule has 0 aromatic carbocycles. The second kappa shape index (κ2) is 10.4. The van der Waals surface area contributed by atoms with Crippen LogP contribution in [0, 0.1) is 0 Å². The first-order valence-electron chi connectivity index (χ1n) is 1.03. The average Bonchev–Trinajstić information content (AvgIpc) is 1.35. The monoisotopic (exact) mass is 172 g/mol. The maximum Gasteiger partial charge on any atom is 2.00 e. The van der Waals surface area contributed by atoms with E-state index in [9.17, 15) is 4.53 Å². The van der Waals surface area contributed by atoms with E-state index in [-0.39, 0.29) is 77.2 Å². The molecule has 0 aromatic rings. The first-order chi connectivity index (χ1) is 2.56. The predicted molar refractivity (Wildman–Crippen MR) is 24.8 cm³/mol. The third kappa shape index (κ3) is 25.2. The van der Waals surface area contributed by atoms with E-state index < -0.39 is 9.05 Å². The van der Waals surface area contributed by atoms with Crippen molar-refractivity contribution in [2.75, 3.05) is 0 Å². The van der Waals surface area contributed by atoms with Gasteiger partial charge in [0.25, 0.3) is 0 Å². The number of hydrogen-bond acceptors (Lipinski definition) is 4. The summed E-state index contributed by atoms with van der Waals surface area (Å²) in [6, 6.07) is 0. The molecule has 0 amide bonds. The molecule has 9 heavy (non-hydrogen) atoms. The van der Waals surface area contributed by atoms with E-state index in [0.717, 1.165) is 0 Å². The summed E-state index contributed by atoms with van der Waals surface area (Å²) in [6.07, 6.45) is 0. The van der Waals surface area contributed by atoms with Crippen molar-refractivity contribution in [3.63, 3.8) is 0 Å². The Bertz CT molecular complexity index is 61.9. The van der Waals surface area contributed by atoms with Crippen molar-refractivity contribution in [2.45, 2.75) is 0 Å². The fraction of sp³-hybridized carbons (Fsp3) is 0. The summed E-state index contributed by atoms with van der Waals surface area (Å²) in [5.74, 6) is 0. The van der Waals surface area contributed by atoms with Gasteiger partial charge in [0.05, 0.1) is 0 Å². The van der Waals surface area contributed by atoms with E-state index in [2.05, 4.69) is 4.63 Å². The van der Waals surface area contributed by atoms with Crippen molar-refractivity contribution >= 4 is 32.1 Å². The topological polar surface area (TPSA) is 69.9 Å². The van der Waals surface area contributed by atoms with Crippen LogP contribution in [0.4, 0.5) is 4.53 Å². The van der Waals surface area contributed by atoms with Gasteiger partial charge in [-0.2, -0.15) is 4.63 Å². The Kier molecular flexibility index (Phi) is 25.9. The van der Waals surface area contributed by atoms with Crippen LogP contribution in [0.25, 0.3) is 0 Å². The van der Waals surface area contributed by atoms with Crippen molar-refractivity contribution in [2.24, 2.45) is 0 Å². The molecule has 9 heteroatoms. The second-order valence-corrected chi connectivity index (χ2v) is 1.95. The fourth-order valence-corrected chi connectivity index (χ4v) is 0. The van der Waals surface area contributed by atoms with Gasteiger partial charge in [-0.1, -0.05) is 4.53 Å². The standard InChI is InChI=1S/FH3O4Si.Li.Mg.Na.4H/c1-5-6(2,3)4;;;;;;;/h2-4H;;;;;;;/q;+1;+2;+1;4*-1. The van der Waals surface area contributed by atoms with Crippen LogP contribution in [0.2, 0.25) is 0 Å². The Labute approximate surface area is 109 Å². The summed E-state index contributed by atoms with van der Waals surface area (Å²) < 4.78 is 12.6. The Hall–Kier alpha value is 2.35. The van der Waals surface area contributed by atoms with Crippen LogP contribution < -0.4 is 48.4 Å². The third-order valence-corrected chi connectivity index (χ3v) is 0.311. The maximum absolute atomic E-state index is 10.3. The molecule has 0 heterocycles. The first-order valence-corrected chi connectivity index (χ1v) is 2.78. The minimum atomic E-state index is -4.80. The van der Waals surface area contributed by atoms with E-state index in [0.29, 0.717) is 0 Å². The average molecular weight is 172 g/mol. The summed E-state index contributed by atoms with van der Waals surface area (Å²) in [7, 11) is -4.80. The molecule has 0 rings (SSSR count). The molecule has 0 aliphatic rings. The van der Waals surface area contributed by atoms with Gasteiger partial charge < -0.3 is 20.1 Å². The Morgan fingerprint density at radius 1 is 1.33 bits per heavy atom. The molecule has 0 radical (unpaired) electrons. The summed E-state index contributed by atoms with van der Waals surface area (Å²) >= 11 is 0. The van der Waals surface area contributed by atoms with Crippen molar-refractivity contribution in [3.8, 4) is 0 Å². The molecule has 0 unspecified atom stereocenters. The number of hydrogen-bond donors (Lipinski definition) is 3. The summed E-state index contributed by atoms with van der Waals surface area (Å²) in [4.78, 5) is 22.4. The first kappa shape index (κ1) is 22.5. The number of rotatable bonds is 1. The van der Waals surface area contributed by atoms with Gasteiger partial charge in [-0.3, -0.25) is 0 Å². The van der Waals surface area contributed by atoms with E-state index in [4.69, 9.17) is 14.4 Å². The minimum absolute atomic E-state index is 0. The van der Waals surface area contributed by atoms with E-state index in [1.54, 1.807) is 0 Å². The molecule has 0 aliphatic carbocycles. The molecule has 0 saturated carbocycles. The minimum Gasteiger partial charge on any atom is -1.00 e. The molecule has 0 aliphatic heterocycles. The van der Waals surface area contributed by atoms with Gasteiger partial charge in [0, 0.05) is 0 Å². The quantitative estimate of drug-likeness (QED) is 0.344. The molecular weight excluding hydrogens is 165 g/mol. The van der Waals surface area contributed by atoms with E-state index in [1.165, 1.54) is 0 Å². The molecule has 4 nitrogen and oxygen atoms in total. The van der Waals surface area contributed by atoms with Gasteiger partial charge in [0.15, 0.2) is 0 Å². The summed E-state index contributed by atoms with van der Waals surface area (Å²) in [5, 5.41) is 0. The van der Waals surface area contributed by atoms with Crippen LogP contribution in [0.1, 0.15) is 5.71 Å². The second-order valence-electron chi connectivity index (χ2n) is 0.651. The van der Waals surface area contributed by atoms with Crippen LogP contribution in [-0.4, -0.2) is 46.5 Å². The molecule has 0 atom stereocenters. The van der Waals surface area contributed by atoms with Crippen molar-refractivity contribution in [1.29, 1.82) is 0 Å². The molecule has 3 N–H and O–H groups in total. The zero-order valence-electron chi connectivity index (χ0n) is 9.33. The Balaban J connectivity index is -0.00000000595. The van der Waals surface area contributed by atoms with Gasteiger partial charge in [-0.15, -0.1) is 0 Å². The third-order valence-electron chi connectivity index (χ3n) is 0.104. The van der Waals surface area contributed by atoms with Crippen molar-refractivity contribution in [3.05, 3.63) is 0 Å². The molecule has 0 saturated heterocycles. The molecule has 0 fully saturated rings. The SMILES string of the molecule is O[Si](O)(O)OF.[H-].[H-].[H-].[H-].[Li+].[Mg+2].[Na+]. The van der Waals surface area contributed by atoms with Crippen LogP contribution in [-0.2, 0) is 4.63 Å². The number of halogens is 1. The van der Waals surface area contributed by atoms with E-state index >= 15 is 0 Å². The molecule has 0 bridgehead atoms. The largest absolute Gasteiger partial charge is 2.00 e. The van der Waals surface area contributed by atoms with E-state index in [1.807, 2.05) is 0 Å². The van der Waals surface area contributed by atoms with Crippen LogP contribution >= 0.6 is 0 Å². The van der Waals surface area contributed by atoms with Crippen LogP contribution in [0.15, 0.2) is 0 Å². The predicted octanol–water partition coefficient (Wildman–Crippen LogP) is -7.62. The van der Waals surface area contributed by atoms with Crippen LogP contribution in [0.5, 0.6) is 0 Å². The molecule has 0 aromatic heterocycles. The smallest absolute Gasteiger partial charge is 1.00 e. The molecular formula is H7FLiMgNaO4Si. The normalized spacial score (nSPS) is 8.00. The Morgan fingerprint density at radius 3 is 1.44 bits per heavy atom. The van der Waals surface area contributed by atoms with Crippen molar-refractivity contribution < 1.29 is 77.7 Å². The van der Waals surface area contributed by atoms with Gasteiger partial charge in [-0.05, 0) is 0 Å².